The predicted molar refractivity (Wildman–Crippen MR) is 67.2 cm³/mol. The van der Waals surface area contributed by atoms with Crippen LogP contribution in [-0.2, 0) is 9.53 Å². The van der Waals surface area contributed by atoms with Crippen LogP contribution in [-0.4, -0.2) is 47.8 Å². The van der Waals surface area contributed by atoms with E-state index >= 15 is 0 Å². The molecular formula is C13H25NO3. The van der Waals surface area contributed by atoms with Crippen LogP contribution in [0.25, 0.3) is 0 Å². The van der Waals surface area contributed by atoms with E-state index in [4.69, 9.17) is 9.84 Å². The molecular weight excluding hydrogens is 218 g/mol. The molecule has 0 aromatic rings. The number of carbonyl (C=O) groups is 1. The fourth-order valence-corrected chi connectivity index (χ4v) is 2.35. The summed E-state index contributed by atoms with van der Waals surface area (Å²) in [4.78, 5) is 13.0. The van der Waals surface area contributed by atoms with Crippen molar-refractivity contribution in [2.45, 2.75) is 57.6 Å². The molecule has 0 heterocycles. The van der Waals surface area contributed by atoms with Crippen molar-refractivity contribution in [2.24, 2.45) is 0 Å². The van der Waals surface area contributed by atoms with Crippen LogP contribution in [0.1, 0.15) is 46.0 Å². The number of hydrogen-bond acceptors (Lipinski definition) is 3. The molecule has 0 aromatic heterocycles. The summed E-state index contributed by atoms with van der Waals surface area (Å²) in [5, 5.41) is 8.96. The van der Waals surface area contributed by atoms with Gasteiger partial charge in [-0.2, -0.15) is 0 Å². The largest absolute Gasteiger partial charge is 0.480 e. The van der Waals surface area contributed by atoms with Gasteiger partial charge in [0.05, 0.1) is 12.1 Å². The zero-order valence-corrected chi connectivity index (χ0v) is 11.2. The van der Waals surface area contributed by atoms with Gasteiger partial charge < -0.3 is 9.84 Å². The number of ether oxygens (including phenoxy) is 1. The highest BCUT2D eigenvalue weighted by atomic mass is 16.5. The number of nitrogens with zero attached hydrogens (tertiary/aromatic N) is 1. The van der Waals surface area contributed by atoms with Gasteiger partial charge in [-0.25, -0.2) is 0 Å². The van der Waals surface area contributed by atoms with E-state index in [-0.39, 0.29) is 12.1 Å². The second-order valence-corrected chi connectivity index (χ2v) is 5.52. The maximum Gasteiger partial charge on any atom is 0.317 e. The molecule has 0 radical (unpaired) electrons. The van der Waals surface area contributed by atoms with Gasteiger partial charge in [-0.15, -0.1) is 0 Å². The summed E-state index contributed by atoms with van der Waals surface area (Å²) in [5.41, 5.74) is -0.171. The summed E-state index contributed by atoms with van der Waals surface area (Å²) in [6.07, 6.45) is 5.61. The Kier molecular flexibility index (Phi) is 5.40. The molecule has 0 saturated heterocycles. The van der Waals surface area contributed by atoms with Gasteiger partial charge in [0.1, 0.15) is 0 Å². The summed E-state index contributed by atoms with van der Waals surface area (Å²) in [7, 11) is 1.71. The van der Waals surface area contributed by atoms with Crippen LogP contribution in [0.4, 0.5) is 0 Å². The molecule has 1 fully saturated rings. The van der Waals surface area contributed by atoms with Crippen molar-refractivity contribution >= 4 is 5.97 Å². The number of aliphatic carboxylic acids is 1. The van der Waals surface area contributed by atoms with E-state index in [1.165, 1.54) is 12.8 Å². The van der Waals surface area contributed by atoms with Crippen LogP contribution in [0.2, 0.25) is 0 Å². The average Bonchev–Trinajstić information content (AvgIpc) is 2.77. The third-order valence-corrected chi connectivity index (χ3v) is 3.73. The summed E-state index contributed by atoms with van der Waals surface area (Å²) < 4.78 is 5.38. The van der Waals surface area contributed by atoms with E-state index in [1.54, 1.807) is 7.11 Å². The minimum Gasteiger partial charge on any atom is -0.480 e. The maximum atomic E-state index is 10.9. The number of rotatable bonds is 7. The van der Waals surface area contributed by atoms with Gasteiger partial charge in [-0.05, 0) is 33.1 Å². The standard InChI is InChI=1S/C13H25NO3/c1-13(2,17-3)8-9-14(10-12(15)16)11-6-4-5-7-11/h11H,4-10H2,1-3H3,(H,15,16). The van der Waals surface area contributed by atoms with E-state index < -0.39 is 5.97 Å². The van der Waals surface area contributed by atoms with E-state index in [2.05, 4.69) is 4.90 Å². The van der Waals surface area contributed by atoms with Crippen molar-refractivity contribution < 1.29 is 14.6 Å². The third kappa shape index (κ3) is 5.04. The predicted octanol–water partition coefficient (Wildman–Crippen LogP) is 2.13. The molecule has 1 aliphatic rings. The molecule has 4 heteroatoms. The van der Waals surface area contributed by atoms with Gasteiger partial charge in [-0.3, -0.25) is 9.69 Å². The van der Waals surface area contributed by atoms with Gasteiger partial charge in [-0.1, -0.05) is 12.8 Å². The smallest absolute Gasteiger partial charge is 0.317 e. The van der Waals surface area contributed by atoms with Crippen molar-refractivity contribution in [1.82, 2.24) is 4.90 Å². The summed E-state index contributed by atoms with van der Waals surface area (Å²) in [6, 6.07) is 0.457. The first-order chi connectivity index (χ1) is 7.94. The van der Waals surface area contributed by atoms with Crippen molar-refractivity contribution in [3.05, 3.63) is 0 Å². The Morgan fingerprint density at radius 3 is 2.47 bits per heavy atom. The molecule has 1 aliphatic carbocycles. The van der Waals surface area contributed by atoms with Gasteiger partial charge in [0.2, 0.25) is 0 Å². The first-order valence-electron chi connectivity index (χ1n) is 6.45. The van der Waals surface area contributed by atoms with E-state index in [0.29, 0.717) is 6.04 Å². The van der Waals surface area contributed by atoms with Crippen LogP contribution in [0.3, 0.4) is 0 Å². The average molecular weight is 243 g/mol. The topological polar surface area (TPSA) is 49.8 Å². The Morgan fingerprint density at radius 2 is 2.00 bits per heavy atom. The second-order valence-electron chi connectivity index (χ2n) is 5.52. The molecule has 0 spiro atoms. The fraction of sp³-hybridized carbons (Fsp3) is 0.923. The van der Waals surface area contributed by atoms with E-state index in [1.807, 2.05) is 13.8 Å². The zero-order valence-electron chi connectivity index (χ0n) is 11.2. The number of carboxylic acids is 1. The lowest BCUT2D eigenvalue weighted by atomic mass is 10.0. The minimum absolute atomic E-state index is 0.157. The van der Waals surface area contributed by atoms with E-state index in [0.717, 1.165) is 25.8 Å². The van der Waals surface area contributed by atoms with Gasteiger partial charge >= 0.3 is 5.97 Å². The van der Waals surface area contributed by atoms with E-state index in [9.17, 15) is 4.79 Å². The molecule has 17 heavy (non-hydrogen) atoms. The molecule has 0 atom stereocenters. The molecule has 0 unspecified atom stereocenters. The lowest BCUT2D eigenvalue weighted by Crippen LogP contribution is -2.41. The monoisotopic (exact) mass is 243 g/mol. The highest BCUT2D eigenvalue weighted by molar-refractivity contribution is 5.69. The molecule has 1 rings (SSSR count). The Labute approximate surface area is 104 Å². The Bertz CT molecular complexity index is 247. The van der Waals surface area contributed by atoms with Crippen LogP contribution in [0, 0.1) is 0 Å². The Balaban J connectivity index is 2.48. The number of hydrogen-bond donors (Lipinski definition) is 1. The molecule has 100 valence electrons. The number of methoxy groups -OCH3 is 1. The highest BCUT2D eigenvalue weighted by Crippen LogP contribution is 2.24. The van der Waals surface area contributed by atoms with Crippen LogP contribution in [0.15, 0.2) is 0 Å². The van der Waals surface area contributed by atoms with Gasteiger partial charge in [0.25, 0.3) is 0 Å². The van der Waals surface area contributed by atoms with Crippen molar-refractivity contribution in [2.75, 3.05) is 20.2 Å². The Morgan fingerprint density at radius 1 is 1.41 bits per heavy atom. The SMILES string of the molecule is COC(C)(C)CCN(CC(=O)O)C1CCCC1. The first kappa shape index (κ1) is 14.5. The quantitative estimate of drug-likeness (QED) is 0.744. The molecule has 0 bridgehead atoms. The van der Waals surface area contributed by atoms with Gasteiger partial charge in [0, 0.05) is 19.7 Å². The summed E-state index contributed by atoms with van der Waals surface area (Å²) in [5.74, 6) is -0.730. The lowest BCUT2D eigenvalue weighted by molar-refractivity contribution is -0.139. The Hall–Kier alpha value is -0.610. The zero-order chi connectivity index (χ0) is 12.9. The van der Waals surface area contributed by atoms with Gasteiger partial charge in [0.15, 0.2) is 0 Å². The van der Waals surface area contributed by atoms with Crippen LogP contribution < -0.4 is 0 Å². The molecule has 0 aliphatic heterocycles. The molecule has 4 nitrogen and oxygen atoms in total. The molecule has 1 saturated carbocycles. The molecule has 1 N–H and O–H groups in total. The number of carboxylic acid groups (broad SMARTS) is 1. The van der Waals surface area contributed by atoms with Crippen molar-refractivity contribution in [1.29, 1.82) is 0 Å². The fourth-order valence-electron chi connectivity index (χ4n) is 2.35. The maximum absolute atomic E-state index is 10.9. The van der Waals surface area contributed by atoms with Crippen molar-refractivity contribution in [3.8, 4) is 0 Å². The second kappa shape index (κ2) is 6.36. The van der Waals surface area contributed by atoms with Crippen LogP contribution >= 0.6 is 0 Å². The summed E-state index contributed by atoms with van der Waals surface area (Å²) in [6.45, 7) is 5.05. The normalized spacial score (nSPS) is 17.9. The molecule has 0 amide bonds. The summed E-state index contributed by atoms with van der Waals surface area (Å²) >= 11 is 0. The third-order valence-electron chi connectivity index (χ3n) is 3.73. The lowest BCUT2D eigenvalue weighted by Gasteiger charge is -2.31. The first-order valence-corrected chi connectivity index (χ1v) is 6.45. The van der Waals surface area contributed by atoms with Crippen molar-refractivity contribution in [3.63, 3.8) is 0 Å². The van der Waals surface area contributed by atoms with Crippen LogP contribution in [0.5, 0.6) is 0 Å². The molecule has 0 aromatic carbocycles. The minimum atomic E-state index is -0.730. The highest BCUT2D eigenvalue weighted by Gasteiger charge is 2.26.